The quantitative estimate of drug-likeness (QED) is 0.780. The molecule has 4 atom stereocenters. The monoisotopic (exact) mass is 275 g/mol. The van der Waals surface area contributed by atoms with Crippen LogP contribution in [0.15, 0.2) is 0 Å². The molecule has 0 saturated heterocycles. The Labute approximate surface area is 111 Å². The van der Waals surface area contributed by atoms with Gasteiger partial charge in [-0.1, -0.05) is 13.8 Å². The maximum atomic E-state index is 12.5. The average molecular weight is 275 g/mol. The number of alkyl halides is 3. The van der Waals surface area contributed by atoms with Crippen LogP contribution in [0.25, 0.3) is 0 Å². The first kappa shape index (κ1) is 13.3. The molecule has 4 saturated carbocycles. The summed E-state index contributed by atoms with van der Waals surface area (Å²) in [6.45, 7) is 4.34. The largest absolute Gasteiger partial charge is 0.471 e. The first-order valence-electron chi connectivity index (χ1n) is 6.93. The van der Waals surface area contributed by atoms with Crippen LogP contribution in [0, 0.1) is 16.7 Å². The second-order valence-corrected chi connectivity index (χ2v) is 7.86. The lowest BCUT2D eigenvalue weighted by Gasteiger charge is -2.65. The summed E-state index contributed by atoms with van der Waals surface area (Å²) in [6, 6.07) is 0. The molecule has 0 aromatic carbocycles. The summed E-state index contributed by atoms with van der Waals surface area (Å²) in [6.07, 6.45) is 0.644. The number of amides is 1. The average Bonchev–Trinajstić information content (AvgIpc) is 2.07. The van der Waals surface area contributed by atoms with Gasteiger partial charge in [-0.15, -0.1) is 0 Å². The molecule has 4 rings (SSSR count). The van der Waals surface area contributed by atoms with Crippen molar-refractivity contribution in [1.82, 2.24) is 5.32 Å². The van der Waals surface area contributed by atoms with E-state index >= 15 is 0 Å². The summed E-state index contributed by atoms with van der Waals surface area (Å²) >= 11 is 0. The van der Waals surface area contributed by atoms with Crippen molar-refractivity contribution < 1.29 is 18.0 Å². The Morgan fingerprint density at radius 3 is 2.00 bits per heavy atom. The van der Waals surface area contributed by atoms with Crippen molar-refractivity contribution in [2.45, 2.75) is 64.1 Å². The van der Waals surface area contributed by atoms with Gasteiger partial charge in [-0.2, -0.15) is 13.2 Å². The second kappa shape index (κ2) is 3.47. The Morgan fingerprint density at radius 2 is 1.58 bits per heavy atom. The van der Waals surface area contributed by atoms with Gasteiger partial charge in [0.2, 0.25) is 0 Å². The fourth-order valence-electron chi connectivity index (χ4n) is 5.90. The molecule has 0 radical (unpaired) electrons. The number of carbonyl (C=O) groups excluding carboxylic acids is 1. The van der Waals surface area contributed by atoms with Crippen LogP contribution >= 0.6 is 0 Å². The summed E-state index contributed by atoms with van der Waals surface area (Å²) in [4.78, 5) is 11.3. The van der Waals surface area contributed by atoms with E-state index in [9.17, 15) is 18.0 Å². The van der Waals surface area contributed by atoms with Crippen LogP contribution < -0.4 is 5.32 Å². The third-order valence-corrected chi connectivity index (χ3v) is 5.26. The lowest BCUT2D eigenvalue weighted by Crippen LogP contribution is -2.66. The van der Waals surface area contributed by atoms with Crippen molar-refractivity contribution in [2.24, 2.45) is 16.7 Å². The van der Waals surface area contributed by atoms with E-state index in [2.05, 4.69) is 19.2 Å². The van der Waals surface area contributed by atoms with Gasteiger partial charge in [0.15, 0.2) is 0 Å². The van der Waals surface area contributed by atoms with Gasteiger partial charge >= 0.3 is 12.1 Å². The Bertz CT molecular complexity index is 413. The Morgan fingerprint density at radius 1 is 1.05 bits per heavy atom. The standard InChI is InChI=1S/C14H20F3NO/c1-11-3-9-4-12(2,6-11)8-13(5-9,7-11)18-10(19)14(15,16)17/h9H,3-8H2,1-2H3,(H,18,19)/t9?,11-,12+,13?. The smallest absolute Gasteiger partial charge is 0.343 e. The maximum Gasteiger partial charge on any atom is 0.471 e. The molecule has 0 spiro atoms. The fraction of sp³-hybridized carbons (Fsp3) is 0.929. The van der Waals surface area contributed by atoms with Crippen LogP contribution in [0.1, 0.15) is 52.4 Å². The molecule has 0 heterocycles. The Kier molecular flexibility index (Phi) is 2.42. The molecule has 4 aliphatic carbocycles. The molecular formula is C14H20F3NO. The molecule has 2 unspecified atom stereocenters. The van der Waals surface area contributed by atoms with Gasteiger partial charge in [-0.3, -0.25) is 4.79 Å². The third-order valence-electron chi connectivity index (χ3n) is 5.26. The van der Waals surface area contributed by atoms with E-state index < -0.39 is 17.6 Å². The summed E-state index contributed by atoms with van der Waals surface area (Å²) in [5.74, 6) is -1.29. The van der Waals surface area contributed by atoms with Crippen molar-refractivity contribution in [1.29, 1.82) is 0 Å². The van der Waals surface area contributed by atoms with E-state index in [1.165, 1.54) is 0 Å². The zero-order valence-corrected chi connectivity index (χ0v) is 11.4. The Hall–Kier alpha value is -0.740. The van der Waals surface area contributed by atoms with Gasteiger partial charge in [-0.25, -0.2) is 0 Å². The van der Waals surface area contributed by atoms with Crippen molar-refractivity contribution in [2.75, 3.05) is 0 Å². The molecule has 0 aliphatic heterocycles. The summed E-state index contributed by atoms with van der Waals surface area (Å²) in [5, 5.41) is 2.35. The van der Waals surface area contributed by atoms with Gasteiger partial charge in [-0.05, 0) is 55.3 Å². The van der Waals surface area contributed by atoms with E-state index in [1.807, 2.05) is 0 Å². The third kappa shape index (κ3) is 2.15. The number of carbonyl (C=O) groups is 1. The molecule has 4 fully saturated rings. The first-order chi connectivity index (χ1) is 8.53. The minimum Gasteiger partial charge on any atom is -0.343 e. The molecule has 0 aromatic heterocycles. The van der Waals surface area contributed by atoms with Crippen molar-refractivity contribution in [3.8, 4) is 0 Å². The SMILES string of the molecule is C[C@]12CC3CC(NC(=O)C(F)(F)F)(C1)C[C@@](C)(C3)C2. The van der Waals surface area contributed by atoms with E-state index in [-0.39, 0.29) is 10.8 Å². The molecule has 1 amide bonds. The van der Waals surface area contributed by atoms with Gasteiger partial charge in [0, 0.05) is 5.54 Å². The molecule has 0 aromatic rings. The molecule has 108 valence electrons. The normalized spacial score (nSPS) is 48.4. The van der Waals surface area contributed by atoms with E-state index in [0.29, 0.717) is 18.8 Å². The lowest BCUT2D eigenvalue weighted by atomic mass is 9.43. The molecular weight excluding hydrogens is 255 g/mol. The first-order valence-corrected chi connectivity index (χ1v) is 6.93. The number of nitrogens with one attached hydrogen (secondary N) is 1. The maximum absolute atomic E-state index is 12.5. The highest BCUT2D eigenvalue weighted by Crippen LogP contribution is 2.66. The van der Waals surface area contributed by atoms with Gasteiger partial charge < -0.3 is 5.32 Å². The fourth-order valence-corrected chi connectivity index (χ4v) is 5.90. The minimum atomic E-state index is -4.77. The molecule has 4 aliphatic rings. The molecule has 5 heteroatoms. The van der Waals surface area contributed by atoms with Crippen LogP contribution in [0.5, 0.6) is 0 Å². The van der Waals surface area contributed by atoms with Crippen LogP contribution in [0.2, 0.25) is 0 Å². The number of rotatable bonds is 1. The number of hydrogen-bond acceptors (Lipinski definition) is 1. The summed E-state index contributed by atoms with van der Waals surface area (Å²) < 4.78 is 37.5. The van der Waals surface area contributed by atoms with Crippen LogP contribution in [-0.2, 0) is 4.79 Å². The van der Waals surface area contributed by atoms with Crippen LogP contribution in [-0.4, -0.2) is 17.6 Å². The molecule has 19 heavy (non-hydrogen) atoms. The lowest BCUT2D eigenvalue weighted by molar-refractivity contribution is -0.183. The van der Waals surface area contributed by atoms with Gasteiger partial charge in [0.1, 0.15) is 0 Å². The minimum absolute atomic E-state index is 0.104. The van der Waals surface area contributed by atoms with E-state index in [1.54, 1.807) is 0 Å². The van der Waals surface area contributed by atoms with Crippen molar-refractivity contribution >= 4 is 5.91 Å². The van der Waals surface area contributed by atoms with E-state index in [4.69, 9.17) is 0 Å². The second-order valence-electron chi connectivity index (χ2n) is 7.86. The Balaban J connectivity index is 1.87. The number of hydrogen-bond donors (Lipinski definition) is 1. The van der Waals surface area contributed by atoms with Gasteiger partial charge in [0.25, 0.3) is 0 Å². The highest BCUT2D eigenvalue weighted by Gasteiger charge is 2.61. The molecule has 4 bridgehead atoms. The zero-order chi connectivity index (χ0) is 14.1. The number of halogens is 3. The van der Waals surface area contributed by atoms with Crippen molar-refractivity contribution in [3.63, 3.8) is 0 Å². The zero-order valence-electron chi connectivity index (χ0n) is 11.4. The summed E-state index contributed by atoms with van der Waals surface area (Å²) in [7, 11) is 0. The molecule has 2 nitrogen and oxygen atoms in total. The highest BCUT2D eigenvalue weighted by atomic mass is 19.4. The van der Waals surface area contributed by atoms with Gasteiger partial charge in [0.05, 0.1) is 0 Å². The highest BCUT2D eigenvalue weighted by molar-refractivity contribution is 5.82. The predicted octanol–water partition coefficient (Wildman–Crippen LogP) is 3.41. The predicted molar refractivity (Wildman–Crippen MR) is 64.3 cm³/mol. The topological polar surface area (TPSA) is 29.1 Å². The molecule has 1 N–H and O–H groups in total. The van der Waals surface area contributed by atoms with Crippen molar-refractivity contribution in [3.05, 3.63) is 0 Å². The van der Waals surface area contributed by atoms with E-state index in [0.717, 1.165) is 25.7 Å². The van der Waals surface area contributed by atoms with Crippen LogP contribution in [0.4, 0.5) is 13.2 Å². The van der Waals surface area contributed by atoms with Crippen LogP contribution in [0.3, 0.4) is 0 Å². The summed E-state index contributed by atoms with van der Waals surface area (Å²) in [5.41, 5.74) is -0.407.